The normalized spacial score (nSPS) is 17.3. The van der Waals surface area contributed by atoms with Crippen LogP contribution in [0.4, 0.5) is 17.6 Å². The van der Waals surface area contributed by atoms with Crippen molar-refractivity contribution in [3.8, 4) is 11.5 Å². The number of methoxy groups -OCH3 is 1. The lowest BCUT2D eigenvalue weighted by Gasteiger charge is -2.26. The molecule has 1 aliphatic rings. The first kappa shape index (κ1) is 19.3. The lowest BCUT2D eigenvalue weighted by atomic mass is 10.1. The lowest BCUT2D eigenvalue weighted by Crippen LogP contribution is -2.28. The van der Waals surface area contributed by atoms with E-state index in [2.05, 4.69) is 4.74 Å². The van der Waals surface area contributed by atoms with E-state index in [0.717, 1.165) is 0 Å². The number of nitrogens with zero attached hydrogens (tertiary/aromatic N) is 1. The first-order chi connectivity index (χ1) is 12.8. The van der Waals surface area contributed by atoms with Gasteiger partial charge in [0.25, 0.3) is 0 Å². The van der Waals surface area contributed by atoms with Crippen molar-refractivity contribution in [2.24, 2.45) is 0 Å². The molecule has 4 nitrogen and oxygen atoms in total. The number of thioether (sulfide) groups is 1. The van der Waals surface area contributed by atoms with Crippen LogP contribution < -0.4 is 9.47 Å². The Bertz CT molecular complexity index is 826. The van der Waals surface area contributed by atoms with Gasteiger partial charge in [0.15, 0.2) is 0 Å². The predicted molar refractivity (Wildman–Crippen MR) is 91.8 cm³/mol. The van der Waals surface area contributed by atoms with Crippen LogP contribution in [-0.2, 0) is 11.3 Å². The number of amides is 1. The van der Waals surface area contributed by atoms with Crippen LogP contribution in [0.3, 0.4) is 0 Å². The summed E-state index contributed by atoms with van der Waals surface area (Å²) in [5.41, 5.74) is 0.869. The van der Waals surface area contributed by atoms with E-state index >= 15 is 0 Å². The zero-order valence-electron chi connectivity index (χ0n) is 14.1. The Hall–Kier alpha value is -2.42. The van der Waals surface area contributed by atoms with E-state index in [0.29, 0.717) is 11.3 Å². The Labute approximate surface area is 157 Å². The summed E-state index contributed by atoms with van der Waals surface area (Å²) in [6.07, 6.45) is -4.77. The molecule has 0 bridgehead atoms. The Morgan fingerprint density at radius 3 is 2.52 bits per heavy atom. The van der Waals surface area contributed by atoms with Crippen LogP contribution in [0.1, 0.15) is 16.5 Å². The molecule has 9 heteroatoms. The van der Waals surface area contributed by atoms with E-state index in [1.54, 1.807) is 6.07 Å². The molecule has 3 rings (SSSR count). The fourth-order valence-electron chi connectivity index (χ4n) is 2.79. The molecule has 0 radical (unpaired) electrons. The molecule has 1 amide bonds. The molecule has 144 valence electrons. The number of hydrogen-bond donors (Lipinski definition) is 0. The van der Waals surface area contributed by atoms with Gasteiger partial charge in [-0.3, -0.25) is 4.79 Å². The minimum Gasteiger partial charge on any atom is -0.496 e. The first-order valence-electron chi connectivity index (χ1n) is 7.86. The Morgan fingerprint density at radius 1 is 1.19 bits per heavy atom. The average Bonchev–Trinajstić information content (AvgIpc) is 2.95. The number of alkyl halides is 3. The molecule has 27 heavy (non-hydrogen) atoms. The maximum Gasteiger partial charge on any atom is 0.573 e. The summed E-state index contributed by atoms with van der Waals surface area (Å²) in [4.78, 5) is 13.8. The quantitative estimate of drug-likeness (QED) is 0.692. The van der Waals surface area contributed by atoms with E-state index in [-0.39, 0.29) is 29.5 Å². The first-order valence-corrected chi connectivity index (χ1v) is 8.91. The van der Waals surface area contributed by atoms with Gasteiger partial charge in [0.1, 0.15) is 22.7 Å². The second-order valence-electron chi connectivity index (χ2n) is 5.73. The van der Waals surface area contributed by atoms with Gasteiger partial charge in [-0.15, -0.1) is 24.9 Å². The van der Waals surface area contributed by atoms with Crippen molar-refractivity contribution in [2.75, 3.05) is 12.9 Å². The molecule has 2 aromatic rings. The van der Waals surface area contributed by atoms with Crippen molar-refractivity contribution >= 4 is 17.7 Å². The summed E-state index contributed by atoms with van der Waals surface area (Å²) < 4.78 is 60.2. The average molecular weight is 401 g/mol. The number of benzene rings is 2. The third kappa shape index (κ3) is 4.47. The molecule has 0 aromatic heterocycles. The molecular weight excluding hydrogens is 386 g/mol. The van der Waals surface area contributed by atoms with Crippen molar-refractivity contribution in [1.82, 2.24) is 4.90 Å². The van der Waals surface area contributed by atoms with Gasteiger partial charge in [-0.05, 0) is 29.8 Å². The lowest BCUT2D eigenvalue weighted by molar-refractivity contribution is -0.274. The highest BCUT2D eigenvalue weighted by Gasteiger charge is 2.36. The predicted octanol–water partition coefficient (Wildman–Crippen LogP) is 4.51. The Balaban J connectivity index is 1.82. The third-order valence-corrected chi connectivity index (χ3v) is 5.18. The van der Waals surface area contributed by atoms with Crippen LogP contribution in [0.2, 0.25) is 0 Å². The van der Waals surface area contributed by atoms with Crippen molar-refractivity contribution in [3.63, 3.8) is 0 Å². The molecule has 1 heterocycles. The van der Waals surface area contributed by atoms with Crippen LogP contribution in [0.5, 0.6) is 11.5 Å². The van der Waals surface area contributed by atoms with E-state index in [1.807, 2.05) is 0 Å². The van der Waals surface area contributed by atoms with Gasteiger partial charge in [-0.25, -0.2) is 4.39 Å². The maximum atomic E-state index is 14.4. The molecule has 1 atom stereocenters. The molecule has 1 aliphatic heterocycles. The number of carbonyl (C=O) groups excluding carboxylic acids is 1. The van der Waals surface area contributed by atoms with Gasteiger partial charge < -0.3 is 14.4 Å². The van der Waals surface area contributed by atoms with Gasteiger partial charge in [0, 0.05) is 6.54 Å². The molecule has 1 saturated heterocycles. The van der Waals surface area contributed by atoms with E-state index < -0.39 is 17.6 Å². The maximum absolute atomic E-state index is 14.4. The van der Waals surface area contributed by atoms with Crippen molar-refractivity contribution < 1.29 is 31.8 Å². The SMILES string of the molecule is COc1cccc(F)c1C1SCC(=O)N1Cc1ccc(OC(F)(F)F)cc1. The fourth-order valence-corrected chi connectivity index (χ4v) is 4.03. The molecule has 1 unspecified atom stereocenters. The second kappa shape index (κ2) is 7.67. The summed E-state index contributed by atoms with van der Waals surface area (Å²) in [7, 11) is 1.42. The van der Waals surface area contributed by atoms with Gasteiger partial charge >= 0.3 is 6.36 Å². The largest absolute Gasteiger partial charge is 0.573 e. The number of halogens is 4. The highest BCUT2D eigenvalue weighted by molar-refractivity contribution is 8.00. The summed E-state index contributed by atoms with van der Waals surface area (Å²) in [5, 5.41) is -0.584. The molecule has 0 saturated carbocycles. The standard InChI is InChI=1S/C18H15F4NO3S/c1-25-14-4-2-3-13(19)16(14)17-23(15(24)10-27-17)9-11-5-7-12(8-6-11)26-18(20,21)22/h2-8,17H,9-10H2,1H3. The molecule has 0 aliphatic carbocycles. The van der Waals surface area contributed by atoms with E-state index in [4.69, 9.17) is 4.74 Å². The van der Waals surface area contributed by atoms with Crippen molar-refractivity contribution in [3.05, 3.63) is 59.4 Å². The Kier molecular flexibility index (Phi) is 5.50. The molecule has 0 N–H and O–H groups in total. The van der Waals surface area contributed by atoms with Crippen LogP contribution in [0.15, 0.2) is 42.5 Å². The number of hydrogen-bond acceptors (Lipinski definition) is 4. The topological polar surface area (TPSA) is 38.8 Å². The van der Waals surface area contributed by atoms with Gasteiger partial charge in [-0.2, -0.15) is 0 Å². The van der Waals surface area contributed by atoms with Crippen LogP contribution in [-0.4, -0.2) is 30.0 Å². The third-order valence-electron chi connectivity index (χ3n) is 3.96. The summed E-state index contributed by atoms with van der Waals surface area (Å²) >= 11 is 1.27. The van der Waals surface area contributed by atoms with E-state index in [9.17, 15) is 22.4 Å². The minimum absolute atomic E-state index is 0.125. The zero-order valence-corrected chi connectivity index (χ0v) is 14.9. The van der Waals surface area contributed by atoms with Gasteiger partial charge in [0.2, 0.25) is 5.91 Å². The number of rotatable bonds is 5. The van der Waals surface area contributed by atoms with Crippen LogP contribution in [0, 0.1) is 5.82 Å². The fraction of sp³-hybridized carbons (Fsp3) is 0.278. The Morgan fingerprint density at radius 2 is 1.89 bits per heavy atom. The summed E-state index contributed by atoms with van der Waals surface area (Å²) in [5.74, 6) is -0.509. The second-order valence-corrected chi connectivity index (χ2v) is 6.80. The minimum atomic E-state index is -4.77. The van der Waals surface area contributed by atoms with Crippen molar-refractivity contribution in [1.29, 1.82) is 0 Å². The molecular formula is C18H15F4NO3S. The highest BCUT2D eigenvalue weighted by Crippen LogP contribution is 2.44. The van der Waals surface area contributed by atoms with Crippen molar-refractivity contribution in [2.45, 2.75) is 18.3 Å². The van der Waals surface area contributed by atoms with Crippen LogP contribution >= 0.6 is 11.8 Å². The molecule has 1 fully saturated rings. The summed E-state index contributed by atoms with van der Waals surface area (Å²) in [6.45, 7) is 0.125. The summed E-state index contributed by atoms with van der Waals surface area (Å²) in [6, 6.07) is 9.65. The monoisotopic (exact) mass is 401 g/mol. The van der Waals surface area contributed by atoms with Gasteiger partial charge in [-0.1, -0.05) is 18.2 Å². The molecule has 2 aromatic carbocycles. The van der Waals surface area contributed by atoms with E-state index in [1.165, 1.54) is 60.2 Å². The number of carbonyl (C=O) groups is 1. The van der Waals surface area contributed by atoms with Crippen LogP contribution in [0.25, 0.3) is 0 Å². The molecule has 0 spiro atoms. The number of ether oxygens (including phenoxy) is 2. The zero-order chi connectivity index (χ0) is 19.6. The highest BCUT2D eigenvalue weighted by atomic mass is 32.2. The smallest absolute Gasteiger partial charge is 0.496 e. The van der Waals surface area contributed by atoms with Gasteiger partial charge in [0.05, 0.1) is 18.4 Å².